The normalized spacial score (nSPS) is 11.4. The summed E-state index contributed by atoms with van der Waals surface area (Å²) < 4.78 is 0.794. The SMILES string of the molecule is Cc1ccc(Nc2cc(Br)nc(C(C)(C)C)n2)cc1. The van der Waals surface area contributed by atoms with Gasteiger partial charge in [-0.05, 0) is 35.0 Å². The second-order valence-corrected chi connectivity index (χ2v) is 6.45. The van der Waals surface area contributed by atoms with Gasteiger partial charge >= 0.3 is 0 Å². The predicted molar refractivity (Wildman–Crippen MR) is 82.9 cm³/mol. The van der Waals surface area contributed by atoms with Gasteiger partial charge in [-0.1, -0.05) is 38.5 Å². The molecule has 2 aromatic rings. The second kappa shape index (κ2) is 5.29. The zero-order valence-corrected chi connectivity index (χ0v) is 13.2. The number of rotatable bonds is 2. The minimum Gasteiger partial charge on any atom is -0.340 e. The van der Waals surface area contributed by atoms with E-state index in [1.165, 1.54) is 5.56 Å². The lowest BCUT2D eigenvalue weighted by Gasteiger charge is -2.18. The summed E-state index contributed by atoms with van der Waals surface area (Å²) in [6, 6.07) is 10.1. The van der Waals surface area contributed by atoms with Crippen LogP contribution >= 0.6 is 15.9 Å². The molecule has 2 rings (SSSR count). The van der Waals surface area contributed by atoms with Gasteiger partial charge in [0.05, 0.1) is 0 Å². The fraction of sp³-hybridized carbons (Fsp3) is 0.333. The van der Waals surface area contributed by atoms with Crippen molar-refractivity contribution in [2.24, 2.45) is 0 Å². The molecule has 0 bridgehead atoms. The highest BCUT2D eigenvalue weighted by Crippen LogP contribution is 2.24. The number of anilines is 2. The summed E-state index contributed by atoms with van der Waals surface area (Å²) in [7, 11) is 0. The molecule has 4 heteroatoms. The van der Waals surface area contributed by atoms with Crippen molar-refractivity contribution in [1.82, 2.24) is 9.97 Å². The number of benzene rings is 1. The quantitative estimate of drug-likeness (QED) is 0.823. The van der Waals surface area contributed by atoms with Crippen LogP contribution in [0.25, 0.3) is 0 Å². The zero-order valence-electron chi connectivity index (χ0n) is 11.7. The van der Waals surface area contributed by atoms with Crippen molar-refractivity contribution in [3.05, 3.63) is 46.3 Å². The van der Waals surface area contributed by atoms with Crippen LogP contribution in [0.1, 0.15) is 32.2 Å². The Morgan fingerprint density at radius 1 is 1.05 bits per heavy atom. The molecule has 0 unspecified atom stereocenters. The van der Waals surface area contributed by atoms with Gasteiger partial charge in [0, 0.05) is 17.2 Å². The summed E-state index contributed by atoms with van der Waals surface area (Å²) in [5, 5.41) is 3.30. The van der Waals surface area contributed by atoms with Crippen LogP contribution in [-0.2, 0) is 5.41 Å². The Hall–Kier alpha value is -1.42. The fourth-order valence-electron chi connectivity index (χ4n) is 1.60. The van der Waals surface area contributed by atoms with Gasteiger partial charge in [0.25, 0.3) is 0 Å². The number of nitrogens with one attached hydrogen (secondary N) is 1. The van der Waals surface area contributed by atoms with Gasteiger partial charge in [0.15, 0.2) is 0 Å². The molecule has 1 aromatic heterocycles. The largest absolute Gasteiger partial charge is 0.340 e. The van der Waals surface area contributed by atoms with E-state index in [4.69, 9.17) is 0 Å². The summed E-state index contributed by atoms with van der Waals surface area (Å²) in [5.41, 5.74) is 2.19. The molecular weight excluding hydrogens is 302 g/mol. The second-order valence-electron chi connectivity index (χ2n) is 5.64. The summed E-state index contributed by atoms with van der Waals surface area (Å²) in [5.74, 6) is 1.62. The van der Waals surface area contributed by atoms with Gasteiger partial charge in [-0.25, -0.2) is 9.97 Å². The standard InChI is InChI=1S/C15H18BrN3/c1-10-5-7-11(8-6-10)17-13-9-12(16)18-14(19-13)15(2,3)4/h5-9H,1-4H3,(H,17,18,19). The van der Waals surface area contributed by atoms with E-state index in [0.717, 1.165) is 21.9 Å². The Kier molecular flexibility index (Phi) is 3.90. The third-order valence-electron chi connectivity index (χ3n) is 2.69. The monoisotopic (exact) mass is 319 g/mol. The van der Waals surface area contributed by atoms with Crippen molar-refractivity contribution in [2.45, 2.75) is 33.1 Å². The van der Waals surface area contributed by atoms with Crippen molar-refractivity contribution in [1.29, 1.82) is 0 Å². The first-order valence-electron chi connectivity index (χ1n) is 6.23. The predicted octanol–water partition coefficient (Wildman–Crippen LogP) is 4.59. The molecule has 0 spiro atoms. The number of hydrogen-bond donors (Lipinski definition) is 1. The van der Waals surface area contributed by atoms with Gasteiger partial charge in [-0.2, -0.15) is 0 Å². The maximum Gasteiger partial charge on any atom is 0.137 e. The number of nitrogens with zero attached hydrogens (tertiary/aromatic N) is 2. The van der Waals surface area contributed by atoms with Crippen LogP contribution in [-0.4, -0.2) is 9.97 Å². The Morgan fingerprint density at radius 3 is 2.26 bits per heavy atom. The maximum atomic E-state index is 4.57. The first kappa shape index (κ1) is 14.0. The van der Waals surface area contributed by atoms with Gasteiger partial charge in [0.1, 0.15) is 16.2 Å². The molecule has 0 aliphatic carbocycles. The van der Waals surface area contributed by atoms with Gasteiger partial charge in [0.2, 0.25) is 0 Å². The molecule has 3 nitrogen and oxygen atoms in total. The highest BCUT2D eigenvalue weighted by Gasteiger charge is 2.18. The average Bonchev–Trinajstić information content (AvgIpc) is 2.30. The van der Waals surface area contributed by atoms with Crippen LogP contribution in [0.15, 0.2) is 34.9 Å². The Morgan fingerprint density at radius 2 is 1.68 bits per heavy atom. The Balaban J connectivity index is 2.30. The molecule has 1 N–H and O–H groups in total. The molecule has 1 aromatic carbocycles. The smallest absolute Gasteiger partial charge is 0.137 e. The minimum atomic E-state index is -0.0759. The first-order chi connectivity index (χ1) is 8.84. The lowest BCUT2D eigenvalue weighted by Crippen LogP contribution is -2.16. The molecule has 100 valence electrons. The number of hydrogen-bond acceptors (Lipinski definition) is 3. The van der Waals surface area contributed by atoms with Gasteiger partial charge in [-0.15, -0.1) is 0 Å². The van der Waals surface area contributed by atoms with Gasteiger partial charge in [-0.3, -0.25) is 0 Å². The molecule has 0 aliphatic rings. The topological polar surface area (TPSA) is 37.8 Å². The van der Waals surface area contributed by atoms with E-state index in [1.54, 1.807) is 0 Å². The number of aryl methyl sites for hydroxylation is 1. The van der Waals surface area contributed by atoms with E-state index >= 15 is 0 Å². The summed E-state index contributed by atoms with van der Waals surface area (Å²) >= 11 is 3.44. The highest BCUT2D eigenvalue weighted by molar-refractivity contribution is 9.10. The Labute approximate surface area is 122 Å². The summed E-state index contributed by atoms with van der Waals surface area (Å²) in [6.07, 6.45) is 0. The van der Waals surface area contributed by atoms with E-state index in [-0.39, 0.29) is 5.41 Å². The molecule has 0 aliphatic heterocycles. The summed E-state index contributed by atoms with van der Waals surface area (Å²) in [4.78, 5) is 9.00. The molecule has 0 saturated heterocycles. The summed E-state index contributed by atoms with van der Waals surface area (Å²) in [6.45, 7) is 8.38. The first-order valence-corrected chi connectivity index (χ1v) is 7.03. The van der Waals surface area contributed by atoms with E-state index < -0.39 is 0 Å². The van der Waals surface area contributed by atoms with Crippen LogP contribution in [0.5, 0.6) is 0 Å². The molecule has 19 heavy (non-hydrogen) atoms. The lowest BCUT2D eigenvalue weighted by atomic mass is 9.96. The molecular formula is C15H18BrN3. The minimum absolute atomic E-state index is 0.0759. The number of halogens is 1. The molecule has 0 saturated carbocycles. The van der Waals surface area contributed by atoms with Gasteiger partial charge < -0.3 is 5.32 Å². The van der Waals surface area contributed by atoms with Crippen LogP contribution in [0.3, 0.4) is 0 Å². The molecule has 0 amide bonds. The van der Waals surface area contributed by atoms with Crippen molar-refractivity contribution >= 4 is 27.4 Å². The van der Waals surface area contributed by atoms with Crippen LogP contribution in [0.2, 0.25) is 0 Å². The fourth-order valence-corrected chi connectivity index (χ4v) is 1.99. The average molecular weight is 320 g/mol. The Bertz CT molecular complexity index is 571. The maximum absolute atomic E-state index is 4.57. The molecule has 0 fully saturated rings. The highest BCUT2D eigenvalue weighted by atomic mass is 79.9. The van der Waals surface area contributed by atoms with E-state index in [1.807, 2.05) is 18.2 Å². The van der Waals surface area contributed by atoms with Crippen molar-refractivity contribution in [3.8, 4) is 0 Å². The third kappa shape index (κ3) is 3.77. The van der Waals surface area contributed by atoms with E-state index in [2.05, 4.69) is 71.0 Å². The van der Waals surface area contributed by atoms with Crippen LogP contribution < -0.4 is 5.32 Å². The molecule has 0 atom stereocenters. The molecule has 0 radical (unpaired) electrons. The van der Waals surface area contributed by atoms with E-state index in [0.29, 0.717) is 0 Å². The van der Waals surface area contributed by atoms with Crippen molar-refractivity contribution in [3.63, 3.8) is 0 Å². The van der Waals surface area contributed by atoms with Crippen molar-refractivity contribution < 1.29 is 0 Å². The van der Waals surface area contributed by atoms with Crippen molar-refractivity contribution in [2.75, 3.05) is 5.32 Å². The lowest BCUT2D eigenvalue weighted by molar-refractivity contribution is 0.544. The number of aromatic nitrogens is 2. The third-order valence-corrected chi connectivity index (χ3v) is 3.10. The van der Waals surface area contributed by atoms with Crippen LogP contribution in [0.4, 0.5) is 11.5 Å². The zero-order chi connectivity index (χ0) is 14.0. The van der Waals surface area contributed by atoms with E-state index in [9.17, 15) is 0 Å². The van der Waals surface area contributed by atoms with Crippen LogP contribution in [0, 0.1) is 6.92 Å². The molecule has 1 heterocycles.